The maximum atomic E-state index is 11.8. The second-order valence-corrected chi connectivity index (χ2v) is 7.38. The zero-order chi connectivity index (χ0) is 18.5. The summed E-state index contributed by atoms with van der Waals surface area (Å²) in [7, 11) is 0. The molecule has 0 saturated carbocycles. The number of hydrogen-bond donors (Lipinski definition) is 2. The summed E-state index contributed by atoms with van der Waals surface area (Å²) in [6.45, 7) is 0.847. The maximum Gasteiger partial charge on any atom is 0.407 e. The average Bonchev–Trinajstić information content (AvgIpc) is 3.08. The summed E-state index contributed by atoms with van der Waals surface area (Å²) in [5, 5.41) is 5.27. The monoisotopic (exact) mass is 376 g/mol. The van der Waals surface area contributed by atoms with Crippen molar-refractivity contribution < 1.29 is 9.53 Å². The number of amides is 1. The number of aromatic nitrogens is 1. The molecular formula is C22H20N2O2S. The highest BCUT2D eigenvalue weighted by Gasteiger charge is 2.05. The molecule has 3 aromatic carbocycles. The van der Waals surface area contributed by atoms with Gasteiger partial charge < -0.3 is 15.0 Å². The molecular weight excluding hydrogens is 356 g/mol. The first-order valence-electron chi connectivity index (χ1n) is 8.87. The van der Waals surface area contributed by atoms with Crippen LogP contribution in [0.5, 0.6) is 0 Å². The minimum absolute atomic E-state index is 0.289. The third kappa shape index (κ3) is 4.26. The second-order valence-electron chi connectivity index (χ2n) is 6.21. The number of hydrogen-bond acceptors (Lipinski definition) is 3. The first-order chi connectivity index (χ1) is 13.3. The van der Waals surface area contributed by atoms with Gasteiger partial charge in [-0.2, -0.15) is 0 Å². The van der Waals surface area contributed by atoms with Crippen LogP contribution < -0.4 is 5.32 Å². The molecule has 136 valence electrons. The number of para-hydroxylation sites is 1. The van der Waals surface area contributed by atoms with Gasteiger partial charge in [0, 0.05) is 39.0 Å². The molecule has 0 aliphatic heterocycles. The average molecular weight is 376 g/mol. The number of H-pyrrole nitrogens is 1. The van der Waals surface area contributed by atoms with Crippen molar-refractivity contribution in [3.05, 3.63) is 78.4 Å². The Bertz CT molecular complexity index is 1060. The lowest BCUT2D eigenvalue weighted by atomic mass is 10.2. The lowest BCUT2D eigenvalue weighted by Gasteiger charge is -2.07. The Morgan fingerprint density at radius 2 is 1.70 bits per heavy atom. The van der Waals surface area contributed by atoms with Gasteiger partial charge in [0.25, 0.3) is 0 Å². The van der Waals surface area contributed by atoms with Crippen LogP contribution in [0.15, 0.2) is 77.7 Å². The predicted octanol–water partition coefficient (Wildman–Crippen LogP) is 5.34. The highest BCUT2D eigenvalue weighted by Crippen LogP contribution is 2.28. The number of thioether (sulfide) groups is 1. The van der Waals surface area contributed by atoms with Gasteiger partial charge in [0.1, 0.15) is 6.61 Å². The van der Waals surface area contributed by atoms with E-state index in [0.717, 1.165) is 22.3 Å². The van der Waals surface area contributed by atoms with Crippen LogP contribution in [0.3, 0.4) is 0 Å². The second kappa shape index (κ2) is 8.18. The normalized spacial score (nSPS) is 11.0. The van der Waals surface area contributed by atoms with Crippen LogP contribution in [-0.2, 0) is 11.3 Å². The zero-order valence-electron chi connectivity index (χ0n) is 14.8. The van der Waals surface area contributed by atoms with Crippen molar-refractivity contribution >= 4 is 39.7 Å². The molecule has 4 nitrogen and oxygen atoms in total. The van der Waals surface area contributed by atoms with Crippen LogP contribution in [0, 0.1) is 0 Å². The van der Waals surface area contributed by atoms with Gasteiger partial charge in [0.05, 0.1) is 0 Å². The molecule has 4 aromatic rings. The van der Waals surface area contributed by atoms with Gasteiger partial charge in [-0.15, -0.1) is 11.8 Å². The van der Waals surface area contributed by atoms with Crippen LogP contribution in [0.2, 0.25) is 0 Å². The molecule has 0 atom stereocenters. The fourth-order valence-corrected chi connectivity index (χ4v) is 3.82. The summed E-state index contributed by atoms with van der Waals surface area (Å²) < 4.78 is 5.21. The van der Waals surface area contributed by atoms with E-state index >= 15 is 0 Å². The Labute approximate surface area is 161 Å². The van der Waals surface area contributed by atoms with Gasteiger partial charge in [-0.1, -0.05) is 54.6 Å². The molecule has 4 rings (SSSR count). The number of aromatic amines is 1. The van der Waals surface area contributed by atoms with Gasteiger partial charge in [-0.25, -0.2) is 4.79 Å². The van der Waals surface area contributed by atoms with E-state index in [1.165, 1.54) is 15.7 Å². The number of fused-ring (bicyclic) bond motifs is 3. The molecule has 0 bridgehead atoms. The molecule has 0 radical (unpaired) electrons. The molecule has 0 saturated heterocycles. The Hall–Kier alpha value is -2.92. The zero-order valence-corrected chi connectivity index (χ0v) is 15.6. The predicted molar refractivity (Wildman–Crippen MR) is 111 cm³/mol. The van der Waals surface area contributed by atoms with Crippen LogP contribution in [0.1, 0.15) is 5.56 Å². The number of alkyl carbamates (subject to hydrolysis) is 1. The summed E-state index contributed by atoms with van der Waals surface area (Å²) in [4.78, 5) is 16.4. The highest BCUT2D eigenvalue weighted by molar-refractivity contribution is 7.99. The van der Waals surface area contributed by atoms with E-state index in [9.17, 15) is 4.79 Å². The van der Waals surface area contributed by atoms with Crippen molar-refractivity contribution in [2.24, 2.45) is 0 Å². The Balaban J connectivity index is 1.26. The molecule has 2 N–H and O–H groups in total. The summed E-state index contributed by atoms with van der Waals surface area (Å²) in [5.41, 5.74) is 3.27. The molecule has 1 amide bonds. The summed E-state index contributed by atoms with van der Waals surface area (Å²) in [6.07, 6.45) is -0.384. The number of ether oxygens (including phenoxy) is 1. The van der Waals surface area contributed by atoms with E-state index in [4.69, 9.17) is 4.74 Å². The molecule has 5 heteroatoms. The van der Waals surface area contributed by atoms with Crippen molar-refractivity contribution in [1.29, 1.82) is 0 Å². The third-order valence-electron chi connectivity index (χ3n) is 4.33. The Kier molecular flexibility index (Phi) is 5.30. The van der Waals surface area contributed by atoms with Crippen molar-refractivity contribution in [3.8, 4) is 0 Å². The van der Waals surface area contributed by atoms with Crippen molar-refractivity contribution in [1.82, 2.24) is 10.3 Å². The van der Waals surface area contributed by atoms with Gasteiger partial charge in [0.2, 0.25) is 0 Å². The first-order valence-corrected chi connectivity index (χ1v) is 9.86. The lowest BCUT2D eigenvalue weighted by Crippen LogP contribution is -2.26. The van der Waals surface area contributed by atoms with Crippen LogP contribution in [0.4, 0.5) is 4.79 Å². The minimum Gasteiger partial charge on any atom is -0.445 e. The van der Waals surface area contributed by atoms with E-state index in [1.54, 1.807) is 11.8 Å². The van der Waals surface area contributed by atoms with Gasteiger partial charge in [0.15, 0.2) is 0 Å². The lowest BCUT2D eigenvalue weighted by molar-refractivity contribution is 0.140. The van der Waals surface area contributed by atoms with E-state index < -0.39 is 0 Å². The van der Waals surface area contributed by atoms with Crippen molar-refractivity contribution in [2.75, 3.05) is 12.3 Å². The first kappa shape index (κ1) is 17.5. The maximum absolute atomic E-state index is 11.8. The highest BCUT2D eigenvalue weighted by atomic mass is 32.2. The van der Waals surface area contributed by atoms with Gasteiger partial charge >= 0.3 is 6.09 Å². The molecule has 27 heavy (non-hydrogen) atoms. The smallest absolute Gasteiger partial charge is 0.407 e. The van der Waals surface area contributed by atoms with E-state index in [-0.39, 0.29) is 12.7 Å². The van der Waals surface area contributed by atoms with Crippen LogP contribution in [-0.4, -0.2) is 23.4 Å². The fraction of sp³-hybridized carbons (Fsp3) is 0.136. The summed E-state index contributed by atoms with van der Waals surface area (Å²) in [5.74, 6) is 0.784. The van der Waals surface area contributed by atoms with E-state index in [0.29, 0.717) is 6.54 Å². The van der Waals surface area contributed by atoms with Crippen molar-refractivity contribution in [2.45, 2.75) is 11.5 Å². The van der Waals surface area contributed by atoms with Gasteiger partial charge in [-0.3, -0.25) is 0 Å². The number of rotatable bonds is 6. The molecule has 0 aliphatic carbocycles. The quantitative estimate of drug-likeness (QED) is 0.353. The molecule has 1 heterocycles. The SMILES string of the molecule is O=C(NCCSc1ccc2c(c1)[nH]c1ccccc12)OCc1ccccc1. The largest absolute Gasteiger partial charge is 0.445 e. The number of carbonyl (C=O) groups is 1. The summed E-state index contributed by atoms with van der Waals surface area (Å²) in [6, 6.07) is 24.4. The van der Waals surface area contributed by atoms with E-state index in [1.807, 2.05) is 36.4 Å². The fourth-order valence-electron chi connectivity index (χ4n) is 3.02. The molecule has 0 aliphatic rings. The van der Waals surface area contributed by atoms with Gasteiger partial charge in [-0.05, 0) is 23.8 Å². The Morgan fingerprint density at radius 1 is 0.926 bits per heavy atom. The molecule has 0 fully saturated rings. The topological polar surface area (TPSA) is 54.1 Å². The molecule has 1 aromatic heterocycles. The third-order valence-corrected chi connectivity index (χ3v) is 5.33. The number of nitrogens with one attached hydrogen (secondary N) is 2. The number of carbonyl (C=O) groups excluding carboxylic acids is 1. The summed E-state index contributed by atoms with van der Waals surface area (Å²) >= 11 is 1.71. The van der Waals surface area contributed by atoms with Crippen LogP contribution in [0.25, 0.3) is 21.8 Å². The minimum atomic E-state index is -0.384. The van der Waals surface area contributed by atoms with E-state index in [2.05, 4.69) is 46.7 Å². The number of benzene rings is 3. The van der Waals surface area contributed by atoms with Crippen LogP contribution >= 0.6 is 11.8 Å². The standard InChI is InChI=1S/C22H20N2O2S/c25-22(26-15-16-6-2-1-3-7-16)23-12-13-27-17-10-11-19-18-8-4-5-9-20(18)24-21(19)14-17/h1-11,14,24H,12-13,15H2,(H,23,25). The molecule has 0 spiro atoms. The van der Waals surface area contributed by atoms with Crippen molar-refractivity contribution in [3.63, 3.8) is 0 Å². The Morgan fingerprint density at radius 3 is 2.59 bits per heavy atom. The molecule has 0 unspecified atom stereocenters.